The summed E-state index contributed by atoms with van der Waals surface area (Å²) in [6.07, 6.45) is -0.230. The summed E-state index contributed by atoms with van der Waals surface area (Å²) >= 11 is 0. The Hall–Kier alpha value is -3.20. The number of nitriles is 1. The molecule has 0 atom stereocenters. The largest absolute Gasteiger partial charge is 0.325 e. The molecule has 22 heavy (non-hydrogen) atoms. The van der Waals surface area contributed by atoms with Gasteiger partial charge in [0.25, 0.3) is 5.91 Å². The Balaban J connectivity index is 2.03. The molecule has 6 heteroatoms. The van der Waals surface area contributed by atoms with Crippen LogP contribution in [0.2, 0.25) is 0 Å². The first-order valence-corrected chi connectivity index (χ1v) is 6.43. The molecule has 2 aromatic carbocycles. The number of benzene rings is 2. The molecule has 2 aromatic rings. The van der Waals surface area contributed by atoms with Crippen LogP contribution in [0.25, 0.3) is 0 Å². The smallest absolute Gasteiger partial charge is 0.258 e. The van der Waals surface area contributed by atoms with E-state index in [-0.39, 0.29) is 12.0 Å². The van der Waals surface area contributed by atoms with Gasteiger partial charge >= 0.3 is 0 Å². The van der Waals surface area contributed by atoms with E-state index in [9.17, 15) is 14.0 Å². The Labute approximate surface area is 126 Å². The van der Waals surface area contributed by atoms with E-state index in [4.69, 9.17) is 5.26 Å². The number of anilines is 2. The van der Waals surface area contributed by atoms with Gasteiger partial charge in [0, 0.05) is 11.4 Å². The van der Waals surface area contributed by atoms with Crippen LogP contribution in [0.15, 0.2) is 48.5 Å². The van der Waals surface area contributed by atoms with Gasteiger partial charge in [-0.2, -0.15) is 5.26 Å². The monoisotopic (exact) mass is 297 g/mol. The molecular formula is C16H12FN3O2. The third kappa shape index (κ3) is 3.90. The molecule has 0 radical (unpaired) electrons. The zero-order chi connectivity index (χ0) is 15.9. The van der Waals surface area contributed by atoms with Crippen molar-refractivity contribution < 1.29 is 14.0 Å². The topological polar surface area (TPSA) is 82.0 Å². The predicted octanol–water partition coefficient (Wildman–Crippen LogP) is 2.93. The fourth-order valence-corrected chi connectivity index (χ4v) is 1.76. The van der Waals surface area contributed by atoms with E-state index < -0.39 is 17.6 Å². The van der Waals surface area contributed by atoms with Crippen LogP contribution in [0.1, 0.15) is 16.8 Å². The molecule has 5 nitrogen and oxygen atoms in total. The van der Waals surface area contributed by atoms with E-state index in [0.29, 0.717) is 11.4 Å². The van der Waals surface area contributed by atoms with E-state index in [0.717, 1.165) is 0 Å². The fourth-order valence-electron chi connectivity index (χ4n) is 1.76. The third-order valence-electron chi connectivity index (χ3n) is 2.78. The standard InChI is InChI=1S/C16H12FN3O2/c17-14-4-2-1-3-13(14)16(22)20-12-7-5-11(6-8-12)19-15(21)9-10-18/h1-8H,9H2,(H,19,21)(H,20,22). The summed E-state index contributed by atoms with van der Waals surface area (Å²) in [6.45, 7) is 0. The first-order chi connectivity index (χ1) is 10.6. The third-order valence-corrected chi connectivity index (χ3v) is 2.78. The van der Waals surface area contributed by atoms with Crippen molar-refractivity contribution >= 4 is 23.2 Å². The van der Waals surface area contributed by atoms with E-state index in [2.05, 4.69) is 10.6 Å². The predicted molar refractivity (Wildman–Crippen MR) is 79.7 cm³/mol. The second-order valence-electron chi connectivity index (χ2n) is 4.39. The Kier molecular flexibility index (Phi) is 4.83. The lowest BCUT2D eigenvalue weighted by Gasteiger charge is -2.07. The number of nitrogens with one attached hydrogen (secondary N) is 2. The molecule has 0 saturated carbocycles. The van der Waals surface area contributed by atoms with Crippen LogP contribution in [0.5, 0.6) is 0 Å². The molecule has 0 aromatic heterocycles. The maximum Gasteiger partial charge on any atom is 0.258 e. The highest BCUT2D eigenvalue weighted by atomic mass is 19.1. The van der Waals surface area contributed by atoms with Gasteiger partial charge in [-0.25, -0.2) is 4.39 Å². The number of carbonyl (C=O) groups is 2. The van der Waals surface area contributed by atoms with Crippen molar-refractivity contribution in [1.82, 2.24) is 0 Å². The van der Waals surface area contributed by atoms with Gasteiger partial charge in [-0.3, -0.25) is 9.59 Å². The molecule has 2 rings (SSSR count). The zero-order valence-corrected chi connectivity index (χ0v) is 11.5. The molecule has 0 fully saturated rings. The zero-order valence-electron chi connectivity index (χ0n) is 11.5. The van der Waals surface area contributed by atoms with Crippen LogP contribution in [-0.2, 0) is 4.79 Å². The van der Waals surface area contributed by atoms with Crippen molar-refractivity contribution in [2.24, 2.45) is 0 Å². The summed E-state index contributed by atoms with van der Waals surface area (Å²) in [5, 5.41) is 13.5. The molecule has 0 spiro atoms. The minimum atomic E-state index is -0.597. The van der Waals surface area contributed by atoms with Crippen LogP contribution in [0.4, 0.5) is 15.8 Å². The van der Waals surface area contributed by atoms with Crippen molar-refractivity contribution in [3.63, 3.8) is 0 Å². The summed E-state index contributed by atoms with van der Waals surface area (Å²) in [4.78, 5) is 23.2. The molecule has 0 aliphatic heterocycles. The van der Waals surface area contributed by atoms with Gasteiger partial charge in [0.2, 0.25) is 5.91 Å². The van der Waals surface area contributed by atoms with Crippen LogP contribution in [-0.4, -0.2) is 11.8 Å². The quantitative estimate of drug-likeness (QED) is 0.910. The average Bonchev–Trinajstić information content (AvgIpc) is 2.50. The highest BCUT2D eigenvalue weighted by molar-refractivity contribution is 6.04. The summed E-state index contributed by atoms with van der Waals surface area (Å²) < 4.78 is 13.5. The number of hydrogen-bond donors (Lipinski definition) is 2. The number of hydrogen-bond acceptors (Lipinski definition) is 3. The number of rotatable bonds is 4. The molecule has 0 unspecified atom stereocenters. The Bertz CT molecular complexity index is 736. The van der Waals surface area contributed by atoms with Gasteiger partial charge in [0.05, 0.1) is 11.6 Å². The molecule has 110 valence electrons. The minimum Gasteiger partial charge on any atom is -0.325 e. The molecular weight excluding hydrogens is 285 g/mol. The van der Waals surface area contributed by atoms with Crippen molar-refractivity contribution in [2.45, 2.75) is 6.42 Å². The summed E-state index contributed by atoms with van der Waals surface area (Å²) in [5.41, 5.74) is 0.921. The van der Waals surface area contributed by atoms with Gasteiger partial charge in [-0.1, -0.05) is 12.1 Å². The number of carbonyl (C=O) groups excluding carboxylic acids is 2. The van der Waals surface area contributed by atoms with E-state index in [1.165, 1.54) is 18.2 Å². The van der Waals surface area contributed by atoms with Gasteiger partial charge < -0.3 is 10.6 Å². The molecule has 0 bridgehead atoms. The van der Waals surface area contributed by atoms with Gasteiger partial charge in [0.15, 0.2) is 0 Å². The normalized spacial score (nSPS) is 9.64. The van der Waals surface area contributed by atoms with Crippen molar-refractivity contribution in [3.05, 3.63) is 59.9 Å². The van der Waals surface area contributed by atoms with E-state index >= 15 is 0 Å². The molecule has 2 amide bonds. The van der Waals surface area contributed by atoms with E-state index in [1.807, 2.05) is 0 Å². The number of nitrogens with zero attached hydrogens (tertiary/aromatic N) is 1. The highest BCUT2D eigenvalue weighted by Crippen LogP contribution is 2.15. The van der Waals surface area contributed by atoms with Crippen LogP contribution >= 0.6 is 0 Å². The Morgan fingerprint density at radius 3 is 2.18 bits per heavy atom. The SMILES string of the molecule is N#CCC(=O)Nc1ccc(NC(=O)c2ccccc2F)cc1. The summed E-state index contributed by atoms with van der Waals surface area (Å²) in [6, 6.07) is 13.7. The van der Waals surface area contributed by atoms with E-state index in [1.54, 1.807) is 36.4 Å². The number of amides is 2. The van der Waals surface area contributed by atoms with Crippen molar-refractivity contribution in [1.29, 1.82) is 5.26 Å². The lowest BCUT2D eigenvalue weighted by molar-refractivity contribution is -0.115. The Morgan fingerprint density at radius 2 is 1.59 bits per heavy atom. The van der Waals surface area contributed by atoms with Crippen molar-refractivity contribution in [2.75, 3.05) is 10.6 Å². The number of halogens is 1. The van der Waals surface area contributed by atoms with Crippen LogP contribution < -0.4 is 10.6 Å². The Morgan fingerprint density at radius 1 is 1.00 bits per heavy atom. The maximum atomic E-state index is 13.5. The second-order valence-corrected chi connectivity index (χ2v) is 4.39. The minimum absolute atomic E-state index is 0.0473. The van der Waals surface area contributed by atoms with Gasteiger partial charge in [-0.15, -0.1) is 0 Å². The summed E-state index contributed by atoms with van der Waals surface area (Å²) in [7, 11) is 0. The summed E-state index contributed by atoms with van der Waals surface area (Å²) in [5.74, 6) is -1.56. The molecule has 2 N–H and O–H groups in total. The maximum absolute atomic E-state index is 13.5. The first kappa shape index (κ1) is 15.2. The van der Waals surface area contributed by atoms with Crippen LogP contribution in [0.3, 0.4) is 0 Å². The van der Waals surface area contributed by atoms with Gasteiger partial charge in [-0.05, 0) is 36.4 Å². The molecule has 0 heterocycles. The van der Waals surface area contributed by atoms with Gasteiger partial charge in [0.1, 0.15) is 12.2 Å². The highest BCUT2D eigenvalue weighted by Gasteiger charge is 2.10. The van der Waals surface area contributed by atoms with Crippen LogP contribution in [0, 0.1) is 17.1 Å². The molecule has 0 aliphatic rings. The molecule has 0 saturated heterocycles. The lowest BCUT2D eigenvalue weighted by Crippen LogP contribution is -2.14. The lowest BCUT2D eigenvalue weighted by atomic mass is 10.2. The second kappa shape index (κ2) is 6.99. The average molecular weight is 297 g/mol. The molecule has 0 aliphatic carbocycles. The first-order valence-electron chi connectivity index (χ1n) is 6.43. The fraction of sp³-hybridized carbons (Fsp3) is 0.0625. The van der Waals surface area contributed by atoms with Crippen molar-refractivity contribution in [3.8, 4) is 6.07 Å².